The summed E-state index contributed by atoms with van der Waals surface area (Å²) in [6, 6.07) is 4.07. The van der Waals surface area contributed by atoms with Gasteiger partial charge in [0.1, 0.15) is 37.3 Å². The zero-order valence-corrected chi connectivity index (χ0v) is 34.0. The molecule has 54 heavy (non-hydrogen) atoms. The van der Waals surface area contributed by atoms with Crippen molar-refractivity contribution in [1.29, 1.82) is 0 Å². The van der Waals surface area contributed by atoms with Crippen molar-refractivity contribution in [2.45, 2.75) is 83.8 Å². The van der Waals surface area contributed by atoms with Gasteiger partial charge in [-0.15, -0.1) is 0 Å². The van der Waals surface area contributed by atoms with Crippen molar-refractivity contribution in [3.63, 3.8) is 0 Å². The molecule has 0 spiro atoms. The van der Waals surface area contributed by atoms with Gasteiger partial charge in [0, 0.05) is 42.2 Å². The normalized spacial score (nSPS) is 20.8. The largest absolute Gasteiger partial charge is 0.479 e. The number of rotatable bonds is 25. The van der Waals surface area contributed by atoms with Crippen LogP contribution in [0.4, 0.5) is 4.79 Å². The third kappa shape index (κ3) is 18.5. The number of nitrogens with zero attached hydrogens (tertiary/aromatic N) is 2. The Labute approximate surface area is 333 Å². The first kappa shape index (κ1) is 47.1. The monoisotopic (exact) mass is 896 g/mol. The molecule has 2 rings (SSSR count). The Kier molecular flexibility index (Phi) is 22.6. The summed E-state index contributed by atoms with van der Waals surface area (Å²) in [5, 5.41) is 46.5. The second-order valence-corrected chi connectivity index (χ2v) is 15.5. The molecular formula is C35H53IN4O13S. The molecule has 1 aliphatic heterocycles. The maximum absolute atomic E-state index is 13.1. The number of primary amides is 1. The van der Waals surface area contributed by atoms with E-state index in [9.17, 15) is 34.8 Å². The highest BCUT2D eigenvalue weighted by molar-refractivity contribution is 14.1. The number of amides is 2. The molecule has 19 heteroatoms. The van der Waals surface area contributed by atoms with Gasteiger partial charge in [0.25, 0.3) is 5.91 Å². The topological polar surface area (TPSA) is 241 Å². The van der Waals surface area contributed by atoms with E-state index in [0.717, 1.165) is 37.1 Å². The van der Waals surface area contributed by atoms with Crippen LogP contribution in [0.25, 0.3) is 0 Å². The average Bonchev–Trinajstić information content (AvgIpc) is 3.12. The Balaban J connectivity index is 1.71. The quantitative estimate of drug-likeness (QED) is 0.0157. The number of carbonyl (C=O) groups excluding carboxylic acids is 2. The molecule has 1 heterocycles. The maximum atomic E-state index is 13.1. The van der Waals surface area contributed by atoms with Crippen LogP contribution >= 0.6 is 34.8 Å². The number of hydrogen-bond acceptors (Lipinski definition) is 15. The fraction of sp³-hybridized carbons (Fsp3) is 0.600. The lowest BCUT2D eigenvalue weighted by molar-refractivity contribution is -0.271. The molecule has 0 aromatic heterocycles. The van der Waals surface area contributed by atoms with Gasteiger partial charge < -0.3 is 60.0 Å². The number of carboxylic acids is 1. The number of aliphatic hydroxyl groups is 3. The van der Waals surface area contributed by atoms with Gasteiger partial charge in [-0.3, -0.25) is 4.79 Å². The second kappa shape index (κ2) is 25.9. The van der Waals surface area contributed by atoms with E-state index in [-0.39, 0.29) is 50.9 Å². The van der Waals surface area contributed by atoms with Crippen LogP contribution in [-0.4, -0.2) is 130 Å². The zero-order valence-electron chi connectivity index (χ0n) is 31.0. The van der Waals surface area contributed by atoms with Crippen molar-refractivity contribution in [1.82, 2.24) is 7.84 Å². The SMILES string of the molecule is C/C(=C\CSN(C)I)CC/C=C(\C)CC/C(C)=N/OCCOCCOCCNC(=O)c1cc(COC(N)=O)ccc1O[C@@H]1O[C@H](C(=O)O)[C@@H](O)[C@H](O)[C@H]1O. The first-order valence-electron chi connectivity index (χ1n) is 17.3. The average molecular weight is 897 g/mol. The number of nitrogens with one attached hydrogen (secondary N) is 1. The number of benzene rings is 1. The molecular weight excluding hydrogens is 843 g/mol. The van der Waals surface area contributed by atoms with Crippen LogP contribution in [0.3, 0.4) is 0 Å². The molecule has 0 saturated carbocycles. The zero-order chi connectivity index (χ0) is 40.0. The van der Waals surface area contributed by atoms with Gasteiger partial charge in [-0.05, 0) is 64.2 Å². The molecule has 2 amide bonds. The minimum absolute atomic E-state index is 0.0767. The fourth-order valence-electron chi connectivity index (χ4n) is 4.74. The van der Waals surface area contributed by atoms with E-state index < -0.39 is 48.7 Å². The summed E-state index contributed by atoms with van der Waals surface area (Å²) in [6.07, 6.45) is -2.02. The summed E-state index contributed by atoms with van der Waals surface area (Å²) in [5.74, 6) is -1.42. The van der Waals surface area contributed by atoms with Crippen LogP contribution in [0.5, 0.6) is 5.75 Å². The Morgan fingerprint density at radius 1 is 0.981 bits per heavy atom. The Hall–Kier alpha value is -3.02. The Morgan fingerprint density at radius 2 is 1.67 bits per heavy atom. The molecule has 1 aliphatic rings. The number of hydrogen-bond donors (Lipinski definition) is 6. The number of aliphatic carboxylic acids is 1. The van der Waals surface area contributed by atoms with Gasteiger partial charge in [-0.2, -0.15) is 2.52 Å². The van der Waals surface area contributed by atoms with Crippen molar-refractivity contribution >= 4 is 58.5 Å². The minimum atomic E-state index is -1.92. The summed E-state index contributed by atoms with van der Waals surface area (Å²) in [7, 11) is 2.03. The van der Waals surface area contributed by atoms with Crippen molar-refractivity contribution in [3.8, 4) is 5.75 Å². The second-order valence-electron chi connectivity index (χ2n) is 12.3. The predicted molar refractivity (Wildman–Crippen MR) is 209 cm³/mol. The van der Waals surface area contributed by atoms with Crippen LogP contribution in [0.15, 0.2) is 46.7 Å². The van der Waals surface area contributed by atoms with E-state index >= 15 is 0 Å². The smallest absolute Gasteiger partial charge is 0.404 e. The molecule has 1 aromatic carbocycles. The molecule has 5 atom stereocenters. The van der Waals surface area contributed by atoms with Crippen LogP contribution in [0.1, 0.15) is 62.4 Å². The number of oxime groups is 1. The van der Waals surface area contributed by atoms with Gasteiger partial charge in [-0.1, -0.05) is 46.5 Å². The highest BCUT2D eigenvalue weighted by Crippen LogP contribution is 2.28. The lowest BCUT2D eigenvalue weighted by Gasteiger charge is -2.38. The minimum Gasteiger partial charge on any atom is -0.479 e. The number of allylic oxidation sites excluding steroid dienone is 3. The third-order valence-corrected chi connectivity index (χ3v) is 9.27. The molecule has 1 aromatic rings. The van der Waals surface area contributed by atoms with Gasteiger partial charge in [0.15, 0.2) is 6.10 Å². The summed E-state index contributed by atoms with van der Waals surface area (Å²) < 4.78 is 28.6. The summed E-state index contributed by atoms with van der Waals surface area (Å²) in [5.41, 5.74) is 8.92. The first-order valence-corrected chi connectivity index (χ1v) is 19.2. The van der Waals surface area contributed by atoms with Crippen LogP contribution in [0, 0.1) is 0 Å². The summed E-state index contributed by atoms with van der Waals surface area (Å²) >= 11 is 4.03. The van der Waals surface area contributed by atoms with Crippen LogP contribution in [0.2, 0.25) is 0 Å². The number of carboxylic acid groups (broad SMARTS) is 1. The van der Waals surface area contributed by atoms with E-state index in [1.54, 1.807) is 11.9 Å². The molecule has 0 bridgehead atoms. The van der Waals surface area contributed by atoms with Gasteiger partial charge in [-0.25, -0.2) is 9.59 Å². The van der Waals surface area contributed by atoms with Crippen molar-refractivity contribution < 1.29 is 63.3 Å². The molecule has 0 radical (unpaired) electrons. The summed E-state index contributed by atoms with van der Waals surface area (Å²) in [4.78, 5) is 41.0. The third-order valence-electron chi connectivity index (χ3n) is 7.77. The molecule has 0 unspecified atom stereocenters. The van der Waals surface area contributed by atoms with Crippen LogP contribution < -0.4 is 15.8 Å². The molecule has 17 nitrogen and oxygen atoms in total. The lowest BCUT2D eigenvalue weighted by Crippen LogP contribution is -2.61. The maximum Gasteiger partial charge on any atom is 0.404 e. The van der Waals surface area contributed by atoms with Gasteiger partial charge in [0.2, 0.25) is 6.29 Å². The Morgan fingerprint density at radius 3 is 2.35 bits per heavy atom. The van der Waals surface area contributed by atoms with E-state index in [1.165, 1.54) is 29.3 Å². The molecule has 1 saturated heterocycles. The molecule has 0 aliphatic carbocycles. The Bertz CT molecular complexity index is 1430. The number of aliphatic hydroxyl groups excluding tert-OH is 3. The number of carbonyl (C=O) groups is 3. The van der Waals surface area contributed by atoms with Crippen LogP contribution in [-0.2, 0) is 35.2 Å². The standard InChI is InChI=1S/C35H53IN4O13S/c1-22(6-5-7-23(2)12-19-54-40(4)36)8-9-24(3)39-51-18-17-49-16-15-48-14-13-38-32(44)26-20-25(21-50-35(37)47)10-11-27(26)52-34-30(43)28(41)29(42)31(53-34)33(45)46/h6,10-12,20,28-31,34,41-43H,5,7-9,13-19,21H2,1-4H3,(H2,37,47)(H,38,44)(H,45,46)/b22-6+,23-12+,39-24+/t28-,29-,30+,31-,34+/m0/s1. The summed E-state index contributed by atoms with van der Waals surface area (Å²) in [6.45, 7) is 7.31. The van der Waals surface area contributed by atoms with E-state index in [4.69, 9.17) is 34.3 Å². The van der Waals surface area contributed by atoms with Gasteiger partial charge in [0.05, 0.1) is 37.7 Å². The molecule has 1 fully saturated rings. The molecule has 304 valence electrons. The van der Waals surface area contributed by atoms with Crippen molar-refractivity contribution in [2.24, 2.45) is 10.9 Å². The predicted octanol–water partition coefficient (Wildman–Crippen LogP) is 3.09. The highest BCUT2D eigenvalue weighted by Gasteiger charge is 2.48. The van der Waals surface area contributed by atoms with Crippen molar-refractivity contribution in [3.05, 3.63) is 52.6 Å². The lowest BCUT2D eigenvalue weighted by atomic mass is 9.99. The number of halogens is 1. The van der Waals surface area contributed by atoms with E-state index in [1.807, 2.05) is 14.0 Å². The fourth-order valence-corrected chi connectivity index (χ4v) is 5.79. The van der Waals surface area contributed by atoms with Crippen molar-refractivity contribution in [2.75, 3.05) is 52.4 Å². The van der Waals surface area contributed by atoms with E-state index in [2.05, 4.69) is 61.9 Å². The van der Waals surface area contributed by atoms with E-state index in [0.29, 0.717) is 12.2 Å². The van der Waals surface area contributed by atoms with Gasteiger partial charge >= 0.3 is 12.1 Å². The number of ether oxygens (including phenoxy) is 5. The highest BCUT2D eigenvalue weighted by atomic mass is 127. The number of nitrogens with two attached hydrogens (primary N) is 1. The first-order chi connectivity index (χ1) is 25.7. The molecule has 7 N–H and O–H groups in total.